The highest BCUT2D eigenvalue weighted by molar-refractivity contribution is 5.48. The van der Waals surface area contributed by atoms with Crippen molar-refractivity contribution < 1.29 is 4.92 Å². The molecule has 7 heteroatoms. The second-order valence-corrected chi connectivity index (χ2v) is 3.12. The van der Waals surface area contributed by atoms with E-state index in [0.29, 0.717) is 11.6 Å². The molecule has 2 rings (SSSR count). The number of rotatable bonds is 2. The maximum Gasteiger partial charge on any atom is 0.343 e. The summed E-state index contributed by atoms with van der Waals surface area (Å²) in [4.78, 5) is 18.2. The Bertz CT molecular complexity index is 513. The minimum absolute atomic E-state index is 0.0481. The highest BCUT2D eigenvalue weighted by Gasteiger charge is 2.20. The fraction of sp³-hybridized carbons (Fsp3) is 0.250. The molecular formula is C8H9N5O2. The molecule has 0 N–H and O–H groups in total. The molecule has 2 aromatic heterocycles. The van der Waals surface area contributed by atoms with Crippen LogP contribution in [0.2, 0.25) is 0 Å². The molecule has 0 aliphatic carbocycles. The Morgan fingerprint density at radius 2 is 2.07 bits per heavy atom. The first kappa shape index (κ1) is 9.38. The van der Waals surface area contributed by atoms with E-state index in [4.69, 9.17) is 0 Å². The zero-order valence-electron chi connectivity index (χ0n) is 8.28. The van der Waals surface area contributed by atoms with Crippen LogP contribution in [0.1, 0.15) is 0 Å². The van der Waals surface area contributed by atoms with Gasteiger partial charge in [-0.3, -0.25) is 0 Å². The zero-order chi connectivity index (χ0) is 11.0. The zero-order valence-corrected chi connectivity index (χ0v) is 8.28. The number of nitro groups is 1. The van der Waals surface area contributed by atoms with Gasteiger partial charge < -0.3 is 14.7 Å². The van der Waals surface area contributed by atoms with E-state index >= 15 is 0 Å². The molecule has 15 heavy (non-hydrogen) atoms. The van der Waals surface area contributed by atoms with E-state index in [2.05, 4.69) is 9.97 Å². The van der Waals surface area contributed by atoms with Crippen molar-refractivity contribution in [2.45, 2.75) is 0 Å². The molecule has 7 nitrogen and oxygen atoms in total. The van der Waals surface area contributed by atoms with Crippen molar-refractivity contribution in [2.75, 3.05) is 0 Å². The van der Waals surface area contributed by atoms with Crippen LogP contribution in [0, 0.1) is 10.1 Å². The van der Waals surface area contributed by atoms with Gasteiger partial charge in [0.15, 0.2) is 0 Å². The molecule has 78 valence electrons. The Kier molecular flexibility index (Phi) is 2.00. The van der Waals surface area contributed by atoms with E-state index in [9.17, 15) is 10.1 Å². The van der Waals surface area contributed by atoms with Gasteiger partial charge in [0.25, 0.3) is 5.82 Å². The molecule has 0 radical (unpaired) electrons. The lowest BCUT2D eigenvalue weighted by Crippen LogP contribution is -2.02. The van der Waals surface area contributed by atoms with Crippen molar-refractivity contribution in [1.82, 2.24) is 19.1 Å². The van der Waals surface area contributed by atoms with Gasteiger partial charge >= 0.3 is 5.82 Å². The van der Waals surface area contributed by atoms with Gasteiger partial charge in [0, 0.05) is 19.4 Å². The van der Waals surface area contributed by atoms with E-state index in [1.54, 1.807) is 24.0 Å². The minimum Gasteiger partial charge on any atom is -0.358 e. The third-order valence-corrected chi connectivity index (χ3v) is 2.17. The number of imidazole rings is 2. The number of hydrogen-bond acceptors (Lipinski definition) is 4. The standard InChI is InChI=1S/C8H9N5O2/c1-11-4-3-9-7(11)8-10-5-6(12(8)2)13(14)15/h3-5H,1-2H3. The summed E-state index contributed by atoms with van der Waals surface area (Å²) < 4.78 is 3.16. The van der Waals surface area contributed by atoms with Crippen LogP contribution in [0.15, 0.2) is 18.6 Å². The van der Waals surface area contributed by atoms with Crippen LogP contribution in [-0.2, 0) is 14.1 Å². The predicted molar refractivity (Wildman–Crippen MR) is 52.1 cm³/mol. The summed E-state index contributed by atoms with van der Waals surface area (Å²) in [6, 6.07) is 0. The Morgan fingerprint density at radius 1 is 1.33 bits per heavy atom. The number of aryl methyl sites for hydroxylation is 1. The Morgan fingerprint density at radius 3 is 2.53 bits per heavy atom. The van der Waals surface area contributed by atoms with Crippen molar-refractivity contribution in [2.24, 2.45) is 14.1 Å². The second kappa shape index (κ2) is 3.19. The molecule has 0 unspecified atom stereocenters. The first-order valence-corrected chi connectivity index (χ1v) is 4.25. The highest BCUT2D eigenvalue weighted by Crippen LogP contribution is 2.19. The summed E-state index contributed by atoms with van der Waals surface area (Å²) in [5.41, 5.74) is 0. The second-order valence-electron chi connectivity index (χ2n) is 3.12. The molecule has 0 aliphatic rings. The molecular weight excluding hydrogens is 198 g/mol. The smallest absolute Gasteiger partial charge is 0.343 e. The Balaban J connectivity index is 2.56. The van der Waals surface area contributed by atoms with Gasteiger partial charge in [0.1, 0.15) is 6.20 Å². The fourth-order valence-corrected chi connectivity index (χ4v) is 1.36. The molecule has 0 atom stereocenters. The molecule has 2 heterocycles. The Hall–Kier alpha value is -2.18. The normalized spacial score (nSPS) is 10.5. The van der Waals surface area contributed by atoms with E-state index in [1.165, 1.54) is 10.8 Å². The van der Waals surface area contributed by atoms with Gasteiger partial charge in [-0.2, -0.15) is 0 Å². The van der Waals surface area contributed by atoms with E-state index in [0.717, 1.165) is 0 Å². The minimum atomic E-state index is -0.473. The van der Waals surface area contributed by atoms with Crippen molar-refractivity contribution in [3.8, 4) is 11.6 Å². The fourth-order valence-electron chi connectivity index (χ4n) is 1.36. The summed E-state index contributed by atoms with van der Waals surface area (Å²) in [5, 5.41) is 10.6. The lowest BCUT2D eigenvalue weighted by atomic mass is 10.5. The predicted octanol–water partition coefficient (Wildman–Crippen LogP) is 0.729. The van der Waals surface area contributed by atoms with Gasteiger partial charge in [-0.15, -0.1) is 0 Å². The van der Waals surface area contributed by atoms with Gasteiger partial charge in [0.2, 0.25) is 5.82 Å². The van der Waals surface area contributed by atoms with Crippen LogP contribution < -0.4 is 0 Å². The molecule has 0 fully saturated rings. The van der Waals surface area contributed by atoms with Crippen LogP contribution in [-0.4, -0.2) is 24.0 Å². The molecule has 0 spiro atoms. The SMILES string of the molecule is Cn1ccnc1-c1ncc([N+](=O)[O-])n1C. The maximum absolute atomic E-state index is 10.6. The summed E-state index contributed by atoms with van der Waals surface area (Å²) in [7, 11) is 3.40. The molecule has 0 saturated heterocycles. The van der Waals surface area contributed by atoms with E-state index in [-0.39, 0.29) is 5.82 Å². The van der Waals surface area contributed by atoms with Crippen molar-refractivity contribution in [1.29, 1.82) is 0 Å². The molecule has 0 bridgehead atoms. The monoisotopic (exact) mass is 207 g/mol. The first-order valence-electron chi connectivity index (χ1n) is 4.25. The van der Waals surface area contributed by atoms with Crippen LogP contribution in [0.4, 0.5) is 5.82 Å². The summed E-state index contributed by atoms with van der Waals surface area (Å²) in [6.07, 6.45) is 4.61. The number of hydrogen-bond donors (Lipinski definition) is 0. The topological polar surface area (TPSA) is 78.8 Å². The first-order chi connectivity index (χ1) is 7.11. The molecule has 0 amide bonds. The third kappa shape index (κ3) is 1.37. The van der Waals surface area contributed by atoms with E-state index in [1.807, 2.05) is 7.05 Å². The Labute approximate surface area is 85.1 Å². The van der Waals surface area contributed by atoms with Gasteiger partial charge in [-0.25, -0.2) is 14.5 Å². The largest absolute Gasteiger partial charge is 0.358 e. The van der Waals surface area contributed by atoms with E-state index < -0.39 is 4.92 Å². The number of nitrogens with zero attached hydrogens (tertiary/aromatic N) is 5. The van der Waals surface area contributed by atoms with Gasteiger partial charge in [-0.05, 0) is 4.92 Å². The third-order valence-electron chi connectivity index (χ3n) is 2.17. The number of aromatic nitrogens is 4. The van der Waals surface area contributed by atoms with Crippen LogP contribution in [0.5, 0.6) is 0 Å². The lowest BCUT2D eigenvalue weighted by molar-refractivity contribution is -0.391. The van der Waals surface area contributed by atoms with Crippen LogP contribution in [0.25, 0.3) is 11.6 Å². The quantitative estimate of drug-likeness (QED) is 0.537. The molecule has 0 saturated carbocycles. The average Bonchev–Trinajstić information content (AvgIpc) is 2.71. The van der Waals surface area contributed by atoms with Crippen molar-refractivity contribution in [3.05, 3.63) is 28.7 Å². The van der Waals surface area contributed by atoms with Crippen LogP contribution in [0.3, 0.4) is 0 Å². The van der Waals surface area contributed by atoms with Crippen LogP contribution >= 0.6 is 0 Å². The van der Waals surface area contributed by atoms with Gasteiger partial charge in [-0.1, -0.05) is 0 Å². The van der Waals surface area contributed by atoms with Crippen molar-refractivity contribution in [3.63, 3.8) is 0 Å². The lowest BCUT2D eigenvalue weighted by Gasteiger charge is -1.98. The highest BCUT2D eigenvalue weighted by atomic mass is 16.6. The summed E-state index contributed by atoms with van der Waals surface area (Å²) in [6.45, 7) is 0. The molecule has 0 aliphatic heterocycles. The summed E-state index contributed by atoms with van der Waals surface area (Å²) >= 11 is 0. The van der Waals surface area contributed by atoms with Crippen molar-refractivity contribution >= 4 is 5.82 Å². The summed E-state index contributed by atoms with van der Waals surface area (Å²) in [5.74, 6) is 1.04. The average molecular weight is 207 g/mol. The molecule has 2 aromatic rings. The maximum atomic E-state index is 10.6. The molecule has 0 aromatic carbocycles. The van der Waals surface area contributed by atoms with Gasteiger partial charge in [0.05, 0.1) is 7.05 Å².